The molecule has 19 heavy (non-hydrogen) atoms. The third-order valence-electron chi connectivity index (χ3n) is 2.41. The highest BCUT2D eigenvalue weighted by molar-refractivity contribution is 6.63. The molecule has 1 aromatic carbocycles. The van der Waals surface area contributed by atoms with Crippen LogP contribution in [0.2, 0.25) is 0 Å². The maximum atomic E-state index is 10.4. The van der Waals surface area contributed by atoms with Crippen LogP contribution >= 0.6 is 11.6 Å². The molecular weight excluding hydrogens is 260 g/mol. The van der Waals surface area contributed by atoms with Crippen molar-refractivity contribution in [3.63, 3.8) is 0 Å². The van der Waals surface area contributed by atoms with Crippen molar-refractivity contribution in [2.45, 2.75) is 19.4 Å². The fraction of sp³-hybridized carbons (Fsp3) is 0.200. The molecule has 0 unspecified atom stereocenters. The topological polar surface area (TPSA) is 56.0 Å². The quantitative estimate of drug-likeness (QED) is 0.874. The van der Waals surface area contributed by atoms with Gasteiger partial charge in [-0.15, -0.1) is 0 Å². The third kappa shape index (κ3) is 7.34. The minimum absolute atomic E-state index is 0.270. The van der Waals surface area contributed by atoms with Gasteiger partial charge in [0.15, 0.2) is 0 Å². The minimum Gasteiger partial charge on any atom is -0.326 e. The summed E-state index contributed by atoms with van der Waals surface area (Å²) < 4.78 is 0. The molecule has 0 amide bonds. The molecule has 3 nitrogen and oxygen atoms in total. The van der Waals surface area contributed by atoms with Crippen LogP contribution in [0.4, 0.5) is 0 Å². The average molecular weight is 277 g/mol. The highest BCUT2D eigenvalue weighted by Crippen LogP contribution is 2.03. The Morgan fingerprint density at radius 2 is 1.79 bits per heavy atom. The van der Waals surface area contributed by atoms with E-state index in [4.69, 9.17) is 17.3 Å². The molecule has 1 aromatic heterocycles. The Kier molecular flexibility index (Phi) is 7.47. The van der Waals surface area contributed by atoms with E-state index in [1.807, 2.05) is 42.5 Å². The summed E-state index contributed by atoms with van der Waals surface area (Å²) in [5, 5.41) is -0.270. The summed E-state index contributed by atoms with van der Waals surface area (Å²) in [7, 11) is 0. The number of aromatic nitrogens is 1. The van der Waals surface area contributed by atoms with Crippen molar-refractivity contribution in [1.82, 2.24) is 4.98 Å². The normalized spacial score (nSPS) is 9.37. The molecule has 0 bridgehead atoms. The van der Waals surface area contributed by atoms with Gasteiger partial charge in [0.25, 0.3) is 0 Å². The molecule has 0 saturated heterocycles. The number of nitrogens with zero attached hydrogens (tertiary/aromatic N) is 1. The van der Waals surface area contributed by atoms with Crippen molar-refractivity contribution < 1.29 is 4.79 Å². The molecule has 100 valence electrons. The average Bonchev–Trinajstić information content (AvgIpc) is 2.48. The largest absolute Gasteiger partial charge is 0.326 e. The highest BCUT2D eigenvalue weighted by atomic mass is 35.5. The first-order valence-corrected chi connectivity index (χ1v) is 6.41. The van der Waals surface area contributed by atoms with Crippen molar-refractivity contribution in [1.29, 1.82) is 0 Å². The summed E-state index contributed by atoms with van der Waals surface area (Å²) in [4.78, 5) is 14.3. The van der Waals surface area contributed by atoms with Crippen LogP contribution in [-0.4, -0.2) is 10.2 Å². The van der Waals surface area contributed by atoms with Gasteiger partial charge in [0, 0.05) is 25.4 Å². The van der Waals surface area contributed by atoms with E-state index in [-0.39, 0.29) is 5.24 Å². The first-order valence-electron chi connectivity index (χ1n) is 6.03. The van der Waals surface area contributed by atoms with Crippen molar-refractivity contribution >= 4 is 16.8 Å². The van der Waals surface area contributed by atoms with Gasteiger partial charge in [0.05, 0.1) is 0 Å². The summed E-state index contributed by atoms with van der Waals surface area (Å²) in [6.45, 7) is 0.577. The zero-order chi connectivity index (χ0) is 13.9. The van der Waals surface area contributed by atoms with Crippen LogP contribution in [0.3, 0.4) is 0 Å². The summed E-state index contributed by atoms with van der Waals surface area (Å²) >= 11 is 5.19. The summed E-state index contributed by atoms with van der Waals surface area (Å²) in [6.07, 6.45) is 4.66. The molecule has 2 aromatic rings. The lowest BCUT2D eigenvalue weighted by atomic mass is 10.1. The molecule has 0 spiro atoms. The van der Waals surface area contributed by atoms with Crippen LogP contribution in [0.5, 0.6) is 0 Å². The Bertz CT molecular complexity index is 474. The number of hydrogen-bond acceptors (Lipinski definition) is 3. The number of benzene rings is 1. The predicted octanol–water partition coefficient (Wildman–Crippen LogP) is 2.92. The van der Waals surface area contributed by atoms with Gasteiger partial charge in [0.2, 0.25) is 5.24 Å². The van der Waals surface area contributed by atoms with Gasteiger partial charge in [-0.05, 0) is 35.2 Å². The monoisotopic (exact) mass is 276 g/mol. The Morgan fingerprint density at radius 3 is 2.26 bits per heavy atom. The van der Waals surface area contributed by atoms with E-state index >= 15 is 0 Å². The van der Waals surface area contributed by atoms with Crippen LogP contribution in [-0.2, 0) is 17.8 Å². The highest BCUT2D eigenvalue weighted by Gasteiger charge is 1.96. The second-order valence-corrected chi connectivity index (χ2v) is 4.33. The van der Waals surface area contributed by atoms with Crippen LogP contribution in [0, 0.1) is 0 Å². The molecule has 0 fully saturated rings. The van der Waals surface area contributed by atoms with Gasteiger partial charge >= 0.3 is 0 Å². The van der Waals surface area contributed by atoms with Crippen LogP contribution < -0.4 is 5.73 Å². The second-order valence-electron chi connectivity index (χ2n) is 3.91. The molecule has 0 atom stereocenters. The van der Waals surface area contributed by atoms with Crippen LogP contribution in [0.1, 0.15) is 17.5 Å². The SMILES string of the molecule is NCc1cccnc1.O=C(Cl)CCc1ccccc1. The molecule has 2 rings (SSSR count). The number of halogens is 1. The van der Waals surface area contributed by atoms with Crippen molar-refractivity contribution in [2.75, 3.05) is 0 Å². The van der Waals surface area contributed by atoms with Gasteiger partial charge in [-0.1, -0.05) is 36.4 Å². The van der Waals surface area contributed by atoms with Crippen molar-refractivity contribution in [3.05, 3.63) is 66.0 Å². The van der Waals surface area contributed by atoms with Crippen LogP contribution in [0.25, 0.3) is 0 Å². The number of carbonyl (C=O) groups is 1. The van der Waals surface area contributed by atoms with E-state index in [2.05, 4.69) is 4.98 Å². The van der Waals surface area contributed by atoms with Gasteiger partial charge in [-0.3, -0.25) is 9.78 Å². The molecule has 4 heteroatoms. The molecule has 0 aliphatic carbocycles. The Morgan fingerprint density at radius 1 is 1.11 bits per heavy atom. The van der Waals surface area contributed by atoms with Gasteiger partial charge in [-0.2, -0.15) is 0 Å². The summed E-state index contributed by atoms with van der Waals surface area (Å²) in [5.41, 5.74) is 7.54. The lowest BCUT2D eigenvalue weighted by Gasteiger charge is -1.95. The number of carbonyl (C=O) groups excluding carboxylic acids is 1. The minimum atomic E-state index is -0.270. The Labute approximate surface area is 118 Å². The molecular formula is C15H17ClN2O. The first kappa shape index (κ1) is 15.3. The zero-order valence-electron chi connectivity index (χ0n) is 10.6. The summed E-state index contributed by atoms with van der Waals surface area (Å²) in [5.74, 6) is 0. The number of pyridine rings is 1. The van der Waals surface area contributed by atoms with E-state index in [0.29, 0.717) is 13.0 Å². The van der Waals surface area contributed by atoms with Crippen molar-refractivity contribution in [3.8, 4) is 0 Å². The maximum Gasteiger partial charge on any atom is 0.221 e. The van der Waals surface area contributed by atoms with Gasteiger partial charge in [-0.25, -0.2) is 0 Å². The number of nitrogens with two attached hydrogens (primary N) is 1. The zero-order valence-corrected chi connectivity index (χ0v) is 11.4. The van der Waals surface area contributed by atoms with Crippen LogP contribution in [0.15, 0.2) is 54.9 Å². The lowest BCUT2D eigenvalue weighted by Crippen LogP contribution is -1.95. The number of rotatable bonds is 4. The molecule has 2 N–H and O–H groups in total. The van der Waals surface area contributed by atoms with Crippen molar-refractivity contribution in [2.24, 2.45) is 5.73 Å². The first-order chi connectivity index (χ1) is 9.22. The Balaban J connectivity index is 0.000000200. The molecule has 0 aliphatic heterocycles. The fourth-order valence-corrected chi connectivity index (χ4v) is 1.50. The standard InChI is InChI=1S/C9H9ClO.C6H8N2/c10-9(11)7-6-8-4-2-1-3-5-8;7-4-6-2-1-3-8-5-6/h1-5H,6-7H2;1-3,5H,4,7H2. The van der Waals surface area contributed by atoms with E-state index < -0.39 is 0 Å². The Hall–Kier alpha value is -1.71. The lowest BCUT2D eigenvalue weighted by molar-refractivity contribution is -0.111. The smallest absolute Gasteiger partial charge is 0.221 e. The second kappa shape index (κ2) is 9.25. The molecule has 0 radical (unpaired) electrons. The van der Waals surface area contributed by atoms with E-state index in [1.165, 1.54) is 0 Å². The molecule has 1 heterocycles. The number of hydrogen-bond donors (Lipinski definition) is 1. The maximum absolute atomic E-state index is 10.4. The van der Waals surface area contributed by atoms with E-state index in [9.17, 15) is 4.79 Å². The van der Waals surface area contributed by atoms with E-state index in [0.717, 1.165) is 17.5 Å². The third-order valence-corrected chi connectivity index (χ3v) is 2.60. The van der Waals surface area contributed by atoms with E-state index in [1.54, 1.807) is 12.4 Å². The molecule has 0 aliphatic rings. The number of aryl methyl sites for hydroxylation is 1. The van der Waals surface area contributed by atoms with Gasteiger partial charge < -0.3 is 5.73 Å². The predicted molar refractivity (Wildman–Crippen MR) is 77.8 cm³/mol. The molecule has 0 saturated carbocycles. The van der Waals surface area contributed by atoms with Gasteiger partial charge in [0.1, 0.15) is 0 Å². The summed E-state index contributed by atoms with van der Waals surface area (Å²) in [6, 6.07) is 13.7. The fourth-order valence-electron chi connectivity index (χ4n) is 1.41.